The van der Waals surface area contributed by atoms with Crippen molar-refractivity contribution in [3.8, 4) is 0 Å². The molecule has 23 heavy (non-hydrogen) atoms. The number of rotatable bonds is 3. The van der Waals surface area contributed by atoms with Crippen molar-refractivity contribution in [2.24, 2.45) is 0 Å². The molecule has 0 atom stereocenters. The van der Waals surface area contributed by atoms with Crippen molar-refractivity contribution < 1.29 is 0 Å². The molecular formula is C17H14BrClN2OS. The number of aryl methyl sites for hydroxylation is 1. The van der Waals surface area contributed by atoms with E-state index in [0.717, 1.165) is 20.5 Å². The first-order chi connectivity index (χ1) is 11.0. The van der Waals surface area contributed by atoms with Crippen molar-refractivity contribution in [1.82, 2.24) is 9.55 Å². The van der Waals surface area contributed by atoms with Gasteiger partial charge in [-0.1, -0.05) is 11.6 Å². The first-order valence-corrected chi connectivity index (χ1v) is 9.37. The Morgan fingerprint density at radius 1 is 1.30 bits per heavy atom. The molecule has 3 nitrogen and oxygen atoms in total. The van der Waals surface area contributed by atoms with Crippen molar-refractivity contribution >= 4 is 50.2 Å². The minimum absolute atomic E-state index is 0.0496. The van der Waals surface area contributed by atoms with Crippen LogP contribution in [0.4, 0.5) is 0 Å². The topological polar surface area (TPSA) is 34.9 Å². The molecule has 0 aliphatic carbocycles. The van der Waals surface area contributed by atoms with E-state index in [1.807, 2.05) is 43.5 Å². The lowest BCUT2D eigenvalue weighted by Gasteiger charge is -2.11. The first kappa shape index (κ1) is 16.6. The molecule has 0 fully saturated rings. The van der Waals surface area contributed by atoms with Gasteiger partial charge >= 0.3 is 0 Å². The maximum absolute atomic E-state index is 12.8. The molecule has 0 unspecified atom stereocenters. The Morgan fingerprint density at radius 3 is 2.83 bits per heavy atom. The zero-order chi connectivity index (χ0) is 16.6. The Hall–Kier alpha value is -1.30. The van der Waals surface area contributed by atoms with Gasteiger partial charge in [0.25, 0.3) is 5.56 Å². The van der Waals surface area contributed by atoms with Crippen LogP contribution in [0.2, 0.25) is 5.02 Å². The molecule has 0 amide bonds. The van der Waals surface area contributed by atoms with E-state index in [1.165, 1.54) is 0 Å². The van der Waals surface area contributed by atoms with Crippen LogP contribution in [-0.2, 0) is 6.54 Å². The summed E-state index contributed by atoms with van der Waals surface area (Å²) < 4.78 is 2.46. The van der Waals surface area contributed by atoms with Crippen LogP contribution in [0.25, 0.3) is 10.9 Å². The van der Waals surface area contributed by atoms with Gasteiger partial charge in [0, 0.05) is 14.4 Å². The summed E-state index contributed by atoms with van der Waals surface area (Å²) in [7, 11) is 0. The molecule has 1 aromatic heterocycles. The van der Waals surface area contributed by atoms with Crippen LogP contribution >= 0.6 is 39.3 Å². The molecule has 0 N–H and O–H groups in total. The van der Waals surface area contributed by atoms with E-state index in [-0.39, 0.29) is 5.56 Å². The van der Waals surface area contributed by atoms with E-state index in [9.17, 15) is 4.79 Å². The highest BCUT2D eigenvalue weighted by atomic mass is 79.9. The third-order valence-electron chi connectivity index (χ3n) is 3.61. The fraction of sp³-hybridized carbons (Fsp3) is 0.176. The summed E-state index contributed by atoms with van der Waals surface area (Å²) in [5, 5.41) is 1.28. The summed E-state index contributed by atoms with van der Waals surface area (Å²) >= 11 is 11.2. The number of aromatic nitrogens is 2. The van der Waals surface area contributed by atoms with E-state index in [2.05, 4.69) is 20.9 Å². The quantitative estimate of drug-likeness (QED) is 0.578. The van der Waals surface area contributed by atoms with Gasteiger partial charge in [-0.25, -0.2) is 4.98 Å². The zero-order valence-electron chi connectivity index (χ0n) is 12.6. The minimum Gasteiger partial charge on any atom is -0.294 e. The average molecular weight is 410 g/mol. The fourth-order valence-electron chi connectivity index (χ4n) is 2.53. The molecule has 0 aliphatic heterocycles. The second-order valence-electron chi connectivity index (χ2n) is 5.28. The van der Waals surface area contributed by atoms with Gasteiger partial charge < -0.3 is 0 Å². The largest absolute Gasteiger partial charge is 0.294 e. The van der Waals surface area contributed by atoms with Crippen LogP contribution in [0, 0.1) is 6.92 Å². The lowest BCUT2D eigenvalue weighted by atomic mass is 10.1. The highest BCUT2D eigenvalue weighted by molar-refractivity contribution is 9.10. The smallest absolute Gasteiger partial charge is 0.261 e. The number of halogens is 2. The van der Waals surface area contributed by atoms with Gasteiger partial charge in [0.1, 0.15) is 0 Å². The fourth-order valence-corrected chi connectivity index (χ4v) is 3.99. The highest BCUT2D eigenvalue weighted by Gasteiger charge is 2.10. The summed E-state index contributed by atoms with van der Waals surface area (Å²) in [6, 6.07) is 9.57. The third-order valence-corrected chi connectivity index (χ3v) is 5.29. The van der Waals surface area contributed by atoms with Gasteiger partial charge in [-0.3, -0.25) is 9.36 Å². The minimum atomic E-state index is -0.0496. The van der Waals surface area contributed by atoms with E-state index < -0.39 is 0 Å². The molecule has 1 heterocycles. The van der Waals surface area contributed by atoms with Crippen LogP contribution in [0.5, 0.6) is 0 Å². The van der Waals surface area contributed by atoms with Gasteiger partial charge in [0.2, 0.25) is 0 Å². The van der Waals surface area contributed by atoms with Crippen LogP contribution in [0.3, 0.4) is 0 Å². The summed E-state index contributed by atoms with van der Waals surface area (Å²) in [6.07, 6.45) is 3.60. The van der Waals surface area contributed by atoms with Gasteiger partial charge in [0.05, 0.1) is 23.8 Å². The second kappa shape index (κ2) is 6.67. The maximum Gasteiger partial charge on any atom is 0.261 e. The molecule has 0 saturated carbocycles. The summed E-state index contributed by atoms with van der Waals surface area (Å²) in [6.45, 7) is 2.41. The highest BCUT2D eigenvalue weighted by Crippen LogP contribution is 2.25. The molecule has 0 bridgehead atoms. The SMILES string of the molecule is CSc1ccc(Cl)cc1Cn1cnc2c(Br)cc(C)cc2c1=O. The summed E-state index contributed by atoms with van der Waals surface area (Å²) in [5.41, 5.74) is 2.67. The van der Waals surface area contributed by atoms with Crippen molar-refractivity contribution in [3.63, 3.8) is 0 Å². The van der Waals surface area contributed by atoms with E-state index in [4.69, 9.17) is 11.6 Å². The van der Waals surface area contributed by atoms with Crippen molar-refractivity contribution in [2.45, 2.75) is 18.4 Å². The molecule has 3 rings (SSSR count). The lowest BCUT2D eigenvalue weighted by Crippen LogP contribution is -2.21. The second-order valence-corrected chi connectivity index (χ2v) is 7.42. The molecule has 0 aliphatic rings. The lowest BCUT2D eigenvalue weighted by molar-refractivity contribution is 0.738. The predicted octanol–water partition coefficient (Wildman–Crippen LogP) is 4.89. The number of benzene rings is 2. The Kier molecular flexibility index (Phi) is 4.80. The number of hydrogen-bond acceptors (Lipinski definition) is 3. The maximum atomic E-state index is 12.8. The summed E-state index contributed by atoms with van der Waals surface area (Å²) in [4.78, 5) is 18.3. The van der Waals surface area contributed by atoms with Crippen LogP contribution in [-0.4, -0.2) is 15.8 Å². The van der Waals surface area contributed by atoms with Gasteiger partial charge in [0.15, 0.2) is 0 Å². The molecule has 0 spiro atoms. The van der Waals surface area contributed by atoms with Crippen LogP contribution < -0.4 is 5.56 Å². The Balaban J connectivity index is 2.13. The molecule has 3 aromatic rings. The normalized spacial score (nSPS) is 11.1. The number of nitrogens with zero attached hydrogens (tertiary/aromatic N) is 2. The van der Waals surface area contributed by atoms with Crippen molar-refractivity contribution in [3.05, 3.63) is 67.6 Å². The molecule has 2 aromatic carbocycles. The van der Waals surface area contributed by atoms with E-state index >= 15 is 0 Å². The molecule has 118 valence electrons. The Bertz CT molecular complexity index is 955. The Labute approximate surface area is 151 Å². The van der Waals surface area contributed by atoms with Crippen LogP contribution in [0.1, 0.15) is 11.1 Å². The van der Waals surface area contributed by atoms with Crippen molar-refractivity contribution in [1.29, 1.82) is 0 Å². The number of thioether (sulfide) groups is 1. The molecule has 6 heteroatoms. The molecule has 0 radical (unpaired) electrons. The van der Waals surface area contributed by atoms with Gasteiger partial charge in [-0.2, -0.15) is 0 Å². The van der Waals surface area contributed by atoms with Crippen LogP contribution in [0.15, 0.2) is 50.8 Å². The molecular weight excluding hydrogens is 396 g/mol. The standard InChI is InChI=1S/C17H14BrClN2OS/c1-10-5-13-16(14(18)6-10)20-9-21(17(13)22)8-11-7-12(19)3-4-15(11)23-2/h3-7,9H,8H2,1-2H3. The number of hydrogen-bond donors (Lipinski definition) is 0. The van der Waals surface area contributed by atoms with Gasteiger partial charge in [-0.05, 0) is 70.6 Å². The Morgan fingerprint density at radius 2 is 2.09 bits per heavy atom. The summed E-state index contributed by atoms with van der Waals surface area (Å²) in [5.74, 6) is 0. The van der Waals surface area contributed by atoms with E-state index in [1.54, 1.807) is 22.7 Å². The molecule has 0 saturated heterocycles. The van der Waals surface area contributed by atoms with Crippen molar-refractivity contribution in [2.75, 3.05) is 6.26 Å². The van der Waals surface area contributed by atoms with E-state index in [0.29, 0.717) is 22.5 Å². The third kappa shape index (κ3) is 3.32. The first-order valence-electron chi connectivity index (χ1n) is 6.97. The average Bonchev–Trinajstić information content (AvgIpc) is 2.51. The number of fused-ring (bicyclic) bond motifs is 1. The van der Waals surface area contributed by atoms with Gasteiger partial charge in [-0.15, -0.1) is 11.8 Å². The zero-order valence-corrected chi connectivity index (χ0v) is 15.8. The predicted molar refractivity (Wildman–Crippen MR) is 101 cm³/mol. The monoisotopic (exact) mass is 408 g/mol.